The molecule has 2 aromatic carbocycles. The lowest BCUT2D eigenvalue weighted by molar-refractivity contribution is -0.150. The van der Waals surface area contributed by atoms with Crippen LogP contribution in [-0.2, 0) is 19.1 Å². The number of nitrogens with zero attached hydrogens (tertiary/aromatic N) is 3. The summed E-state index contributed by atoms with van der Waals surface area (Å²) in [6, 6.07) is 13.7. The molecular weight excluding hydrogens is 542 g/mol. The number of fused-ring (bicyclic) bond motifs is 2. The molecule has 8 heteroatoms. The highest BCUT2D eigenvalue weighted by Gasteiger charge is 2.76. The predicted octanol–water partition coefficient (Wildman–Crippen LogP) is 4.19. The van der Waals surface area contributed by atoms with E-state index in [1.807, 2.05) is 107 Å². The molecule has 0 radical (unpaired) electrons. The second-order valence-electron chi connectivity index (χ2n) is 12.6. The van der Waals surface area contributed by atoms with Crippen molar-refractivity contribution in [3.63, 3.8) is 0 Å². The molecule has 226 valence electrons. The van der Waals surface area contributed by atoms with Crippen molar-refractivity contribution < 1.29 is 24.2 Å². The van der Waals surface area contributed by atoms with Gasteiger partial charge in [0.15, 0.2) is 0 Å². The number of benzene rings is 2. The number of hydrogen-bond acceptors (Lipinski definition) is 5. The van der Waals surface area contributed by atoms with Crippen LogP contribution in [0.4, 0.5) is 11.4 Å². The molecule has 6 atom stereocenters. The molecule has 8 nitrogen and oxygen atoms in total. The molecule has 1 spiro atoms. The highest BCUT2D eigenvalue weighted by Crippen LogP contribution is 2.59. The molecule has 4 aliphatic heterocycles. The van der Waals surface area contributed by atoms with E-state index in [-0.39, 0.29) is 30.2 Å². The number of likely N-dealkylation sites (tertiary alicyclic amines) is 1. The summed E-state index contributed by atoms with van der Waals surface area (Å²) in [7, 11) is 0. The van der Waals surface area contributed by atoms with Crippen molar-refractivity contribution in [3.05, 3.63) is 84.0 Å². The third-order valence-electron chi connectivity index (χ3n) is 9.97. The number of aryl methyl sites for hydroxylation is 2. The molecular formula is C35H41N3O5. The Morgan fingerprint density at radius 1 is 0.860 bits per heavy atom. The van der Waals surface area contributed by atoms with E-state index < -0.39 is 35.1 Å². The van der Waals surface area contributed by atoms with Crippen LogP contribution in [0.1, 0.15) is 38.3 Å². The van der Waals surface area contributed by atoms with Gasteiger partial charge in [0.2, 0.25) is 11.8 Å². The fraction of sp³-hybridized carbons (Fsp3) is 0.457. The third kappa shape index (κ3) is 4.21. The molecule has 2 fully saturated rings. The standard InChI is InChI=1S/C35H41N3O5/c1-6-34-17-11-19-36(25-15-8-7-9-16-25)31(40)27(34)28-32(41)38(26(21-39)22(2)3)30-33(42)37(20-12-18-35(28,30)43-34)29-23(4)13-10-14-24(29)5/h7-18,22,26-28,30,39H,6,19-21H2,1-5H3/t26-,27-,28-,30?,34+,35-/m0/s1. The van der Waals surface area contributed by atoms with Crippen molar-refractivity contribution in [3.8, 4) is 0 Å². The van der Waals surface area contributed by atoms with Gasteiger partial charge in [-0.15, -0.1) is 0 Å². The first-order valence-corrected chi connectivity index (χ1v) is 15.3. The van der Waals surface area contributed by atoms with Crippen LogP contribution in [0.25, 0.3) is 0 Å². The highest BCUT2D eigenvalue weighted by atomic mass is 16.5. The minimum absolute atomic E-state index is 0.139. The van der Waals surface area contributed by atoms with Crippen LogP contribution >= 0.6 is 0 Å². The van der Waals surface area contributed by atoms with Gasteiger partial charge in [-0.1, -0.05) is 81.5 Å². The summed E-state index contributed by atoms with van der Waals surface area (Å²) in [5, 5.41) is 10.6. The maximum Gasteiger partial charge on any atom is 0.253 e. The van der Waals surface area contributed by atoms with Crippen LogP contribution in [0, 0.1) is 31.6 Å². The summed E-state index contributed by atoms with van der Waals surface area (Å²) < 4.78 is 7.11. The van der Waals surface area contributed by atoms with E-state index in [1.165, 1.54) is 0 Å². The van der Waals surface area contributed by atoms with Gasteiger partial charge in [0.05, 0.1) is 30.1 Å². The Morgan fingerprint density at radius 3 is 2.14 bits per heavy atom. The van der Waals surface area contributed by atoms with Gasteiger partial charge in [-0.2, -0.15) is 0 Å². The van der Waals surface area contributed by atoms with Crippen LogP contribution in [0.15, 0.2) is 72.8 Å². The zero-order valence-corrected chi connectivity index (χ0v) is 25.6. The Bertz CT molecular complexity index is 1480. The lowest BCUT2D eigenvalue weighted by Crippen LogP contribution is -2.60. The lowest BCUT2D eigenvalue weighted by Gasteiger charge is -2.42. The third-order valence-corrected chi connectivity index (χ3v) is 9.97. The maximum absolute atomic E-state index is 14.9. The molecule has 3 amide bonds. The molecule has 0 aromatic heterocycles. The lowest BCUT2D eigenvalue weighted by atomic mass is 9.73. The van der Waals surface area contributed by atoms with Crippen molar-refractivity contribution in [1.29, 1.82) is 0 Å². The summed E-state index contributed by atoms with van der Waals surface area (Å²) in [6.45, 7) is 10.1. The van der Waals surface area contributed by atoms with Gasteiger partial charge in [0, 0.05) is 24.5 Å². The molecule has 2 aromatic rings. The summed E-state index contributed by atoms with van der Waals surface area (Å²) >= 11 is 0. The predicted molar refractivity (Wildman–Crippen MR) is 166 cm³/mol. The van der Waals surface area contributed by atoms with Crippen molar-refractivity contribution >= 4 is 29.1 Å². The van der Waals surface area contributed by atoms with E-state index in [2.05, 4.69) is 0 Å². The average molecular weight is 584 g/mol. The number of aliphatic hydroxyl groups excluding tert-OH is 1. The number of para-hydroxylation sites is 2. The Balaban J connectivity index is 1.55. The number of carbonyl (C=O) groups is 3. The van der Waals surface area contributed by atoms with Gasteiger partial charge < -0.3 is 24.5 Å². The van der Waals surface area contributed by atoms with E-state index in [0.29, 0.717) is 19.5 Å². The molecule has 0 bridgehead atoms. The van der Waals surface area contributed by atoms with E-state index in [1.54, 1.807) is 14.7 Å². The van der Waals surface area contributed by atoms with Crippen LogP contribution in [0.3, 0.4) is 0 Å². The van der Waals surface area contributed by atoms with Gasteiger partial charge >= 0.3 is 0 Å². The summed E-state index contributed by atoms with van der Waals surface area (Å²) in [5.74, 6) is -2.72. The summed E-state index contributed by atoms with van der Waals surface area (Å²) in [4.78, 5) is 49.4. The number of anilines is 2. The van der Waals surface area contributed by atoms with Crippen LogP contribution in [0.2, 0.25) is 0 Å². The number of carbonyl (C=O) groups excluding carboxylic acids is 3. The quantitative estimate of drug-likeness (QED) is 0.516. The van der Waals surface area contributed by atoms with Crippen LogP contribution < -0.4 is 9.80 Å². The highest BCUT2D eigenvalue weighted by molar-refractivity contribution is 6.08. The summed E-state index contributed by atoms with van der Waals surface area (Å²) in [5.41, 5.74) is 0.990. The molecule has 1 unspecified atom stereocenters. The number of amides is 3. The minimum Gasteiger partial charge on any atom is -0.394 e. The normalized spacial score (nSPS) is 30.8. The molecule has 6 rings (SSSR count). The molecule has 4 aliphatic rings. The average Bonchev–Trinajstić information content (AvgIpc) is 3.27. The van der Waals surface area contributed by atoms with Crippen LogP contribution in [0.5, 0.6) is 0 Å². The first-order valence-electron chi connectivity index (χ1n) is 15.3. The van der Waals surface area contributed by atoms with E-state index in [4.69, 9.17) is 4.74 Å². The number of hydrogen-bond donors (Lipinski definition) is 1. The first kappa shape index (κ1) is 29.3. The smallest absolute Gasteiger partial charge is 0.253 e. The topological polar surface area (TPSA) is 90.4 Å². The molecule has 43 heavy (non-hydrogen) atoms. The van der Waals surface area contributed by atoms with E-state index in [0.717, 1.165) is 22.5 Å². The molecule has 0 aliphatic carbocycles. The Kier molecular flexibility index (Phi) is 7.33. The van der Waals surface area contributed by atoms with Gasteiger partial charge in [-0.25, -0.2) is 0 Å². The zero-order chi connectivity index (χ0) is 30.7. The van der Waals surface area contributed by atoms with Gasteiger partial charge in [-0.3, -0.25) is 14.4 Å². The van der Waals surface area contributed by atoms with Crippen molar-refractivity contribution in [2.24, 2.45) is 17.8 Å². The number of ether oxygens (including phenoxy) is 1. The second-order valence-corrected chi connectivity index (χ2v) is 12.6. The monoisotopic (exact) mass is 583 g/mol. The zero-order valence-electron chi connectivity index (χ0n) is 25.6. The maximum atomic E-state index is 14.9. The van der Waals surface area contributed by atoms with Gasteiger partial charge in [0.1, 0.15) is 11.6 Å². The Hall–Kier alpha value is -3.75. The van der Waals surface area contributed by atoms with Crippen molar-refractivity contribution in [1.82, 2.24) is 4.90 Å². The fourth-order valence-corrected chi connectivity index (χ4v) is 7.95. The van der Waals surface area contributed by atoms with Crippen molar-refractivity contribution in [2.45, 2.75) is 64.3 Å². The number of rotatable bonds is 6. The molecule has 2 saturated heterocycles. The first-order chi connectivity index (χ1) is 20.6. The second kappa shape index (κ2) is 10.8. The van der Waals surface area contributed by atoms with E-state index >= 15 is 0 Å². The summed E-state index contributed by atoms with van der Waals surface area (Å²) in [6.07, 6.45) is 8.13. The van der Waals surface area contributed by atoms with E-state index in [9.17, 15) is 19.5 Å². The Morgan fingerprint density at radius 2 is 1.51 bits per heavy atom. The van der Waals surface area contributed by atoms with Gasteiger partial charge in [0.25, 0.3) is 5.91 Å². The number of aliphatic hydroxyl groups is 1. The van der Waals surface area contributed by atoms with Gasteiger partial charge in [-0.05, 0) is 49.4 Å². The SMILES string of the molecule is CC[C@@]12C=CCN(c3ccccc3)C(=O)[C@@H]1[C@H]1C(=O)N([C@@H](CO)C(C)C)C3C(=O)N(c4c(C)cccc4C)CC=C[C@@]31O2. The molecule has 1 N–H and O–H groups in total. The van der Waals surface area contributed by atoms with Crippen LogP contribution in [-0.4, -0.2) is 70.7 Å². The molecule has 0 saturated carbocycles. The fourth-order valence-electron chi connectivity index (χ4n) is 7.95. The van der Waals surface area contributed by atoms with Crippen molar-refractivity contribution in [2.75, 3.05) is 29.5 Å². The molecule has 4 heterocycles. The Labute approximate surface area is 253 Å². The largest absolute Gasteiger partial charge is 0.394 e. The minimum atomic E-state index is -1.39.